The van der Waals surface area contributed by atoms with E-state index >= 15 is 0 Å². The molecule has 0 unspecified atom stereocenters. The van der Waals surface area contributed by atoms with Gasteiger partial charge in [-0.15, -0.1) is 0 Å². The predicted molar refractivity (Wildman–Crippen MR) is 69.8 cm³/mol. The van der Waals surface area contributed by atoms with Gasteiger partial charge in [-0.1, -0.05) is 0 Å². The molecule has 2 aliphatic rings. The number of ether oxygens (including phenoxy) is 2. The minimum Gasteiger partial charge on any atom is -0.549 e. The van der Waals surface area contributed by atoms with Crippen molar-refractivity contribution in [1.29, 1.82) is 0 Å². The standard InChI is InChI=1S/C15H16O10/c1-24-10(18)6-3-14(12(20)21)5-15(8(6)16,13(22)23)4-7(9(14)17)11(19)25-2/h6-7H,3-5H2,1-2H3,(H,20,21)(H,22,23)/p-2/t6-,7-,14+,15+/m0/s1. The van der Waals surface area contributed by atoms with E-state index in [1.165, 1.54) is 0 Å². The zero-order valence-corrected chi connectivity index (χ0v) is 13.4. The van der Waals surface area contributed by atoms with E-state index in [9.17, 15) is 39.0 Å². The van der Waals surface area contributed by atoms with Crippen molar-refractivity contribution in [2.75, 3.05) is 14.2 Å². The third-order valence-corrected chi connectivity index (χ3v) is 5.04. The molecule has 10 nitrogen and oxygen atoms in total. The number of esters is 2. The van der Waals surface area contributed by atoms with Gasteiger partial charge >= 0.3 is 11.9 Å². The first-order valence-corrected chi connectivity index (χ1v) is 7.24. The summed E-state index contributed by atoms with van der Waals surface area (Å²) in [5.41, 5.74) is -5.02. The van der Waals surface area contributed by atoms with Crippen molar-refractivity contribution in [2.45, 2.75) is 19.3 Å². The maximum Gasteiger partial charge on any atom is 0.316 e. The summed E-state index contributed by atoms with van der Waals surface area (Å²) in [6.45, 7) is 0. The van der Waals surface area contributed by atoms with Crippen LogP contribution in [0.2, 0.25) is 0 Å². The number of carbonyl (C=O) groups excluding carboxylic acids is 6. The lowest BCUT2D eigenvalue weighted by Gasteiger charge is -2.54. The van der Waals surface area contributed by atoms with E-state index in [1.54, 1.807) is 0 Å². The number of carbonyl (C=O) groups is 6. The molecule has 0 heterocycles. The van der Waals surface area contributed by atoms with Crippen LogP contribution in [0.4, 0.5) is 0 Å². The van der Waals surface area contributed by atoms with Crippen molar-refractivity contribution in [3.05, 3.63) is 0 Å². The second-order valence-electron chi connectivity index (χ2n) is 6.20. The first-order valence-electron chi connectivity index (χ1n) is 7.24. The van der Waals surface area contributed by atoms with Crippen LogP contribution in [0.5, 0.6) is 0 Å². The Hall–Kier alpha value is -2.78. The lowest BCUT2D eigenvalue weighted by atomic mass is 9.48. The Balaban J connectivity index is 2.71. The monoisotopic (exact) mass is 354 g/mol. The summed E-state index contributed by atoms with van der Waals surface area (Å²) < 4.78 is 8.83. The highest BCUT2D eigenvalue weighted by Gasteiger charge is 2.66. The van der Waals surface area contributed by atoms with Crippen molar-refractivity contribution < 1.29 is 48.5 Å². The van der Waals surface area contributed by atoms with E-state index in [0.717, 1.165) is 14.2 Å². The van der Waals surface area contributed by atoms with Crippen LogP contribution in [0, 0.1) is 22.7 Å². The Labute approximate surface area is 141 Å². The second-order valence-corrected chi connectivity index (χ2v) is 6.20. The van der Waals surface area contributed by atoms with Gasteiger partial charge in [0.15, 0.2) is 11.6 Å². The van der Waals surface area contributed by atoms with Gasteiger partial charge < -0.3 is 29.3 Å². The Morgan fingerprint density at radius 3 is 1.40 bits per heavy atom. The van der Waals surface area contributed by atoms with E-state index < -0.39 is 77.4 Å². The summed E-state index contributed by atoms with van der Waals surface area (Å²) in [5.74, 6) is -12.2. The van der Waals surface area contributed by atoms with Crippen LogP contribution in [-0.2, 0) is 38.2 Å². The fraction of sp³-hybridized carbons (Fsp3) is 0.600. The molecule has 136 valence electrons. The average Bonchev–Trinajstić information content (AvgIpc) is 2.58. The maximum atomic E-state index is 12.6. The Bertz CT molecular complexity index is 636. The molecule has 0 N–H and O–H groups in total. The number of aliphatic carboxylic acids is 2. The van der Waals surface area contributed by atoms with Crippen molar-refractivity contribution in [2.24, 2.45) is 22.7 Å². The second kappa shape index (κ2) is 5.94. The maximum absolute atomic E-state index is 12.6. The molecular formula is C15H14O10-2. The third kappa shape index (κ3) is 2.39. The normalized spacial score (nSPS) is 34.2. The average molecular weight is 354 g/mol. The molecule has 2 fully saturated rings. The van der Waals surface area contributed by atoms with E-state index in [4.69, 9.17) is 0 Å². The summed E-state index contributed by atoms with van der Waals surface area (Å²) in [7, 11) is 1.85. The van der Waals surface area contributed by atoms with Crippen LogP contribution in [0.1, 0.15) is 19.3 Å². The molecule has 0 aromatic heterocycles. The Morgan fingerprint density at radius 2 is 1.16 bits per heavy atom. The molecule has 0 spiro atoms. The smallest absolute Gasteiger partial charge is 0.316 e. The number of carboxylic acids is 2. The highest BCUT2D eigenvalue weighted by atomic mass is 16.5. The molecule has 0 radical (unpaired) electrons. The molecule has 0 saturated heterocycles. The number of fused-ring (bicyclic) bond motifs is 2. The number of ketones is 2. The van der Waals surface area contributed by atoms with Crippen LogP contribution in [0.15, 0.2) is 0 Å². The van der Waals surface area contributed by atoms with Crippen LogP contribution in [0.25, 0.3) is 0 Å². The van der Waals surface area contributed by atoms with Gasteiger partial charge in [0.1, 0.15) is 11.8 Å². The van der Waals surface area contributed by atoms with Gasteiger partial charge in [-0.05, 0) is 19.3 Å². The largest absolute Gasteiger partial charge is 0.549 e. The first-order chi connectivity index (χ1) is 11.6. The fourth-order valence-electron chi connectivity index (χ4n) is 3.76. The molecule has 2 bridgehead atoms. The zero-order valence-electron chi connectivity index (χ0n) is 13.4. The molecule has 25 heavy (non-hydrogen) atoms. The molecule has 0 aromatic rings. The minimum absolute atomic E-state index is 0.845. The van der Waals surface area contributed by atoms with Gasteiger partial charge in [0.25, 0.3) is 0 Å². The van der Waals surface area contributed by atoms with E-state index in [-0.39, 0.29) is 0 Å². The van der Waals surface area contributed by atoms with Crippen molar-refractivity contribution in [3.8, 4) is 0 Å². The van der Waals surface area contributed by atoms with Crippen LogP contribution < -0.4 is 10.2 Å². The number of carboxylic acid groups (broad SMARTS) is 2. The van der Waals surface area contributed by atoms with Crippen LogP contribution in [-0.4, -0.2) is 49.7 Å². The molecule has 2 rings (SSSR count). The molecule has 2 saturated carbocycles. The summed E-state index contributed by atoms with van der Waals surface area (Å²) in [6.07, 6.45) is -2.63. The number of rotatable bonds is 4. The van der Waals surface area contributed by atoms with Crippen molar-refractivity contribution in [3.63, 3.8) is 0 Å². The van der Waals surface area contributed by atoms with Gasteiger partial charge in [-0.2, -0.15) is 0 Å². The van der Waals surface area contributed by atoms with Crippen LogP contribution in [0.3, 0.4) is 0 Å². The Kier molecular flexibility index (Phi) is 4.41. The fourth-order valence-corrected chi connectivity index (χ4v) is 3.76. The molecule has 4 atom stereocenters. The summed E-state index contributed by atoms with van der Waals surface area (Å²) in [5, 5.41) is 23.4. The third-order valence-electron chi connectivity index (χ3n) is 5.04. The summed E-state index contributed by atoms with van der Waals surface area (Å²) in [4.78, 5) is 72.4. The lowest BCUT2D eigenvalue weighted by molar-refractivity contribution is -0.328. The van der Waals surface area contributed by atoms with Crippen molar-refractivity contribution >= 4 is 35.4 Å². The number of hydrogen-bond donors (Lipinski definition) is 0. The quantitative estimate of drug-likeness (QED) is 0.363. The predicted octanol–water partition coefficient (Wildman–Crippen LogP) is -3.63. The number of hydrogen-bond acceptors (Lipinski definition) is 10. The van der Waals surface area contributed by atoms with Gasteiger partial charge in [0.05, 0.1) is 37.0 Å². The van der Waals surface area contributed by atoms with Crippen molar-refractivity contribution in [1.82, 2.24) is 0 Å². The van der Waals surface area contributed by atoms with Gasteiger partial charge in [0, 0.05) is 0 Å². The first kappa shape index (κ1) is 18.6. The van der Waals surface area contributed by atoms with Gasteiger partial charge in [-0.25, -0.2) is 0 Å². The molecule has 10 heteroatoms. The van der Waals surface area contributed by atoms with E-state index in [2.05, 4.69) is 9.47 Å². The molecule has 0 aliphatic heterocycles. The van der Waals surface area contributed by atoms with E-state index in [0.29, 0.717) is 0 Å². The topological polar surface area (TPSA) is 167 Å². The molecule has 0 amide bonds. The van der Waals surface area contributed by atoms with Crippen LogP contribution >= 0.6 is 0 Å². The molecule has 0 aromatic carbocycles. The van der Waals surface area contributed by atoms with Gasteiger partial charge in [-0.3, -0.25) is 19.2 Å². The Morgan fingerprint density at radius 1 is 0.840 bits per heavy atom. The number of Topliss-reactive ketones (excluding diaryl/α,β-unsaturated/α-hetero) is 2. The molecular weight excluding hydrogens is 340 g/mol. The highest BCUT2D eigenvalue weighted by molar-refractivity contribution is 6.20. The summed E-state index contributed by atoms with van der Waals surface area (Å²) in [6, 6.07) is 0. The van der Waals surface area contributed by atoms with Gasteiger partial charge in [0.2, 0.25) is 0 Å². The lowest BCUT2D eigenvalue weighted by Crippen LogP contribution is -2.68. The highest BCUT2D eigenvalue weighted by Crippen LogP contribution is 2.55. The van der Waals surface area contributed by atoms with E-state index in [1.807, 2.05) is 0 Å². The summed E-state index contributed by atoms with van der Waals surface area (Å²) >= 11 is 0. The molecule has 2 aliphatic carbocycles. The minimum atomic E-state index is -2.51. The zero-order chi connectivity index (χ0) is 19.2. The SMILES string of the molecule is COC(=O)[C@H]1C[C@@]2(C(=O)[O-])C[C@](C(=O)[O-])(C[C@H](C(=O)OC)C2=O)C1=O. The number of methoxy groups -OCH3 is 2.